The van der Waals surface area contributed by atoms with Crippen LogP contribution in [0.25, 0.3) is 0 Å². The summed E-state index contributed by atoms with van der Waals surface area (Å²) in [6.07, 6.45) is -0.464. The Kier molecular flexibility index (Phi) is 7.33. The number of rotatable bonds is 8. The third kappa shape index (κ3) is 4.75. The highest BCUT2D eigenvalue weighted by molar-refractivity contribution is 5.48. The molecule has 0 saturated carbocycles. The van der Waals surface area contributed by atoms with Crippen molar-refractivity contribution in [3.63, 3.8) is 0 Å². The summed E-state index contributed by atoms with van der Waals surface area (Å²) in [5.41, 5.74) is 4.34. The monoisotopic (exact) mass is 496 g/mol. The molecule has 0 unspecified atom stereocenters. The lowest BCUT2D eigenvalue weighted by Gasteiger charge is -2.28. The van der Waals surface area contributed by atoms with Gasteiger partial charge in [-0.05, 0) is 47.5 Å². The molecule has 0 N–H and O–H groups in total. The Hall–Kier alpha value is -3.96. The van der Waals surface area contributed by atoms with Crippen molar-refractivity contribution >= 4 is 0 Å². The highest BCUT2D eigenvalue weighted by Gasteiger charge is 2.49. The summed E-state index contributed by atoms with van der Waals surface area (Å²) in [6.45, 7) is 0. The van der Waals surface area contributed by atoms with Gasteiger partial charge in [-0.2, -0.15) is 0 Å². The maximum Gasteiger partial charge on any atom is 0.122 e. The Labute approximate surface area is 218 Å². The van der Waals surface area contributed by atoms with Crippen molar-refractivity contribution in [2.24, 2.45) is 0 Å². The Morgan fingerprint density at radius 2 is 0.838 bits per heavy atom. The predicted octanol–water partition coefficient (Wildman–Crippen LogP) is 7.10. The van der Waals surface area contributed by atoms with Crippen LogP contribution in [-0.4, -0.2) is 28.4 Å². The maximum absolute atomic E-state index is 7.02. The third-order valence-electron chi connectivity index (χ3n) is 7.22. The van der Waals surface area contributed by atoms with E-state index in [1.165, 1.54) is 0 Å². The number of hydrogen-bond donors (Lipinski definition) is 0. The zero-order valence-corrected chi connectivity index (χ0v) is 21.6. The quantitative estimate of drug-likeness (QED) is 0.260. The van der Waals surface area contributed by atoms with E-state index in [0.717, 1.165) is 45.3 Å². The van der Waals surface area contributed by atoms with Crippen molar-refractivity contribution < 1.29 is 23.7 Å². The first-order valence-corrected chi connectivity index (χ1v) is 12.4. The highest BCUT2D eigenvalue weighted by Crippen LogP contribution is 2.61. The van der Waals surface area contributed by atoms with Crippen LogP contribution in [-0.2, 0) is 4.74 Å². The number of benzene rings is 4. The molecule has 5 heteroatoms. The van der Waals surface area contributed by atoms with Gasteiger partial charge in [-0.3, -0.25) is 0 Å². The summed E-state index contributed by atoms with van der Waals surface area (Å²) in [4.78, 5) is 0. The molecule has 1 fully saturated rings. The normalized spacial score (nSPS) is 20.9. The second-order valence-corrected chi connectivity index (χ2v) is 9.06. The summed E-state index contributed by atoms with van der Waals surface area (Å²) in [5, 5.41) is 0. The smallest absolute Gasteiger partial charge is 0.122 e. The average molecular weight is 497 g/mol. The molecule has 0 aromatic heterocycles. The topological polar surface area (TPSA) is 46.2 Å². The molecule has 4 aromatic rings. The van der Waals surface area contributed by atoms with Crippen molar-refractivity contribution in [2.75, 3.05) is 28.4 Å². The van der Waals surface area contributed by atoms with E-state index >= 15 is 0 Å². The molecule has 37 heavy (non-hydrogen) atoms. The van der Waals surface area contributed by atoms with E-state index < -0.39 is 0 Å². The fourth-order valence-electron chi connectivity index (χ4n) is 5.46. The molecular weight excluding hydrogens is 464 g/mol. The van der Waals surface area contributed by atoms with Gasteiger partial charge in [0.1, 0.15) is 23.0 Å². The standard InChI is InChI=1S/C32H32O5/c1-33-23-17-13-21(14-18-23)31-29(25-9-5-7-11-27(25)35-3)30(26-10-6-8-12-28(26)36-4)32(37-31)22-15-19-24(34-2)20-16-22/h5-20,29-32H,1-4H3/t29-,30-,31+,32+/m0/s1. The summed E-state index contributed by atoms with van der Waals surface area (Å²) in [6, 6.07) is 32.7. The number of hydrogen-bond acceptors (Lipinski definition) is 5. The molecule has 0 amide bonds. The van der Waals surface area contributed by atoms with E-state index in [2.05, 4.69) is 48.5 Å². The molecule has 1 saturated heterocycles. The SMILES string of the molecule is COc1ccc([C@H]2O[C@H](c3ccc(OC)cc3)[C@@H](c3ccccc3OC)[C@@H]2c2ccccc2OC)cc1. The van der Waals surface area contributed by atoms with Gasteiger partial charge >= 0.3 is 0 Å². The van der Waals surface area contributed by atoms with Gasteiger partial charge in [0, 0.05) is 23.0 Å². The lowest BCUT2D eigenvalue weighted by Crippen LogP contribution is -2.15. The minimum Gasteiger partial charge on any atom is -0.497 e. The van der Waals surface area contributed by atoms with Gasteiger partial charge < -0.3 is 23.7 Å². The van der Waals surface area contributed by atoms with Gasteiger partial charge in [0.25, 0.3) is 0 Å². The van der Waals surface area contributed by atoms with Gasteiger partial charge in [0.05, 0.1) is 40.6 Å². The molecule has 0 spiro atoms. The van der Waals surface area contributed by atoms with Crippen LogP contribution in [0, 0.1) is 0 Å². The summed E-state index contributed by atoms with van der Waals surface area (Å²) in [5.74, 6) is 3.20. The van der Waals surface area contributed by atoms with Crippen LogP contribution in [0.4, 0.5) is 0 Å². The van der Waals surface area contributed by atoms with Crippen molar-refractivity contribution in [1.82, 2.24) is 0 Å². The van der Waals surface area contributed by atoms with E-state index in [0.29, 0.717) is 0 Å². The zero-order valence-electron chi connectivity index (χ0n) is 21.6. The molecule has 1 heterocycles. The highest BCUT2D eigenvalue weighted by atomic mass is 16.5. The summed E-state index contributed by atoms with van der Waals surface area (Å²) in [7, 11) is 6.79. The minimum atomic E-state index is -0.232. The van der Waals surface area contributed by atoms with Crippen LogP contribution in [0.3, 0.4) is 0 Å². The lowest BCUT2D eigenvalue weighted by molar-refractivity contribution is 0.0364. The summed E-state index contributed by atoms with van der Waals surface area (Å²) >= 11 is 0. The fraction of sp³-hybridized carbons (Fsp3) is 0.250. The van der Waals surface area contributed by atoms with Crippen LogP contribution < -0.4 is 18.9 Å². The molecule has 0 bridgehead atoms. The van der Waals surface area contributed by atoms with E-state index in [1.807, 2.05) is 48.5 Å². The predicted molar refractivity (Wildman–Crippen MR) is 144 cm³/mol. The first kappa shape index (κ1) is 24.7. The van der Waals surface area contributed by atoms with Crippen LogP contribution in [0.1, 0.15) is 46.3 Å². The molecule has 4 aromatic carbocycles. The Morgan fingerprint density at radius 1 is 0.459 bits per heavy atom. The first-order valence-electron chi connectivity index (χ1n) is 12.4. The molecular formula is C32H32O5. The van der Waals surface area contributed by atoms with E-state index in [9.17, 15) is 0 Å². The molecule has 1 aliphatic rings. The minimum absolute atomic E-state index is 0.0482. The van der Waals surface area contributed by atoms with Crippen molar-refractivity contribution in [1.29, 1.82) is 0 Å². The second-order valence-electron chi connectivity index (χ2n) is 9.06. The van der Waals surface area contributed by atoms with Crippen molar-refractivity contribution in [3.05, 3.63) is 119 Å². The molecule has 0 radical (unpaired) electrons. The first-order chi connectivity index (χ1) is 18.2. The van der Waals surface area contributed by atoms with E-state index in [4.69, 9.17) is 23.7 Å². The third-order valence-corrected chi connectivity index (χ3v) is 7.22. The number of methoxy groups -OCH3 is 4. The van der Waals surface area contributed by atoms with Gasteiger partial charge in [-0.15, -0.1) is 0 Å². The molecule has 5 rings (SSSR count). The second kappa shape index (κ2) is 11.0. The molecule has 1 aliphatic heterocycles. The largest absolute Gasteiger partial charge is 0.497 e. The van der Waals surface area contributed by atoms with Crippen molar-refractivity contribution in [2.45, 2.75) is 24.0 Å². The van der Waals surface area contributed by atoms with Gasteiger partial charge in [-0.25, -0.2) is 0 Å². The van der Waals surface area contributed by atoms with Crippen molar-refractivity contribution in [3.8, 4) is 23.0 Å². The van der Waals surface area contributed by atoms with Crippen LogP contribution >= 0.6 is 0 Å². The van der Waals surface area contributed by atoms with Gasteiger partial charge in [0.15, 0.2) is 0 Å². The lowest BCUT2D eigenvalue weighted by atomic mass is 9.74. The number of ether oxygens (including phenoxy) is 5. The maximum atomic E-state index is 7.02. The van der Waals surface area contributed by atoms with Crippen LogP contribution in [0.2, 0.25) is 0 Å². The molecule has 0 aliphatic carbocycles. The van der Waals surface area contributed by atoms with Gasteiger partial charge in [0.2, 0.25) is 0 Å². The molecule has 5 nitrogen and oxygen atoms in total. The van der Waals surface area contributed by atoms with Crippen LogP contribution in [0.5, 0.6) is 23.0 Å². The fourth-order valence-corrected chi connectivity index (χ4v) is 5.46. The Morgan fingerprint density at radius 3 is 1.19 bits per heavy atom. The van der Waals surface area contributed by atoms with Gasteiger partial charge in [-0.1, -0.05) is 60.7 Å². The van der Waals surface area contributed by atoms with Crippen LogP contribution in [0.15, 0.2) is 97.1 Å². The molecule has 190 valence electrons. The Bertz CT molecular complexity index is 1210. The number of para-hydroxylation sites is 2. The van der Waals surface area contributed by atoms with E-state index in [1.54, 1.807) is 28.4 Å². The van der Waals surface area contributed by atoms with E-state index in [-0.39, 0.29) is 24.0 Å². The summed E-state index contributed by atoms with van der Waals surface area (Å²) < 4.78 is 29.6. The average Bonchev–Trinajstić information content (AvgIpc) is 3.37. The zero-order chi connectivity index (χ0) is 25.8. The Balaban J connectivity index is 1.73. The molecule has 4 atom stereocenters.